The van der Waals surface area contributed by atoms with Crippen LogP contribution < -0.4 is 5.32 Å². The van der Waals surface area contributed by atoms with E-state index in [1.807, 2.05) is 0 Å². The molecule has 1 heterocycles. The highest BCUT2D eigenvalue weighted by molar-refractivity contribution is 5.93. The highest BCUT2D eigenvalue weighted by Crippen LogP contribution is 1.95. The Balaban J connectivity index is 2.49. The van der Waals surface area contributed by atoms with Crippen LogP contribution in [0.25, 0.3) is 0 Å². The lowest BCUT2D eigenvalue weighted by Crippen LogP contribution is -2.30. The summed E-state index contributed by atoms with van der Waals surface area (Å²) >= 11 is 0. The predicted molar refractivity (Wildman–Crippen MR) is 47.2 cm³/mol. The van der Waals surface area contributed by atoms with Gasteiger partial charge in [0.1, 0.15) is 0 Å². The van der Waals surface area contributed by atoms with E-state index in [9.17, 15) is 4.79 Å². The van der Waals surface area contributed by atoms with Crippen LogP contribution in [0.5, 0.6) is 0 Å². The molecule has 0 saturated carbocycles. The van der Waals surface area contributed by atoms with Gasteiger partial charge in [0.15, 0.2) is 0 Å². The first-order valence-electron chi connectivity index (χ1n) is 4.04. The van der Waals surface area contributed by atoms with Crippen LogP contribution in [0.2, 0.25) is 0 Å². The molecule has 13 heavy (non-hydrogen) atoms. The zero-order valence-electron chi connectivity index (χ0n) is 7.69. The highest BCUT2D eigenvalue weighted by atomic mass is 16.3. The first-order chi connectivity index (χ1) is 6.09. The molecular formula is C8H13N3O2. The second-order valence-electron chi connectivity index (χ2n) is 2.96. The Labute approximate surface area is 76.4 Å². The van der Waals surface area contributed by atoms with Crippen LogP contribution >= 0.6 is 0 Å². The Morgan fingerprint density at radius 1 is 1.85 bits per heavy atom. The van der Waals surface area contributed by atoms with Gasteiger partial charge in [-0.15, -0.1) is 0 Å². The summed E-state index contributed by atoms with van der Waals surface area (Å²) in [5, 5.41) is 15.3. The van der Waals surface area contributed by atoms with Crippen molar-refractivity contribution in [3.05, 3.63) is 18.0 Å². The maximum absolute atomic E-state index is 11.3. The molecule has 1 atom stereocenters. The number of hydrogen-bond donors (Lipinski definition) is 2. The monoisotopic (exact) mass is 183 g/mol. The minimum Gasteiger partial charge on any atom is -0.392 e. The lowest BCUT2D eigenvalue weighted by Gasteiger charge is -2.04. The van der Waals surface area contributed by atoms with Crippen molar-refractivity contribution in [2.24, 2.45) is 7.05 Å². The van der Waals surface area contributed by atoms with Crippen LogP contribution in [-0.2, 0) is 7.05 Å². The van der Waals surface area contributed by atoms with E-state index in [4.69, 9.17) is 5.11 Å². The second-order valence-corrected chi connectivity index (χ2v) is 2.96. The van der Waals surface area contributed by atoms with E-state index in [0.29, 0.717) is 5.56 Å². The fraction of sp³-hybridized carbons (Fsp3) is 0.500. The molecular weight excluding hydrogens is 170 g/mol. The van der Waals surface area contributed by atoms with Crippen LogP contribution in [0.1, 0.15) is 17.3 Å². The summed E-state index contributed by atoms with van der Waals surface area (Å²) in [6, 6.07) is 0. The van der Waals surface area contributed by atoms with Crippen molar-refractivity contribution in [3.63, 3.8) is 0 Å². The minimum absolute atomic E-state index is 0.214. The molecule has 0 aliphatic rings. The van der Waals surface area contributed by atoms with Gasteiger partial charge in [0.25, 0.3) is 5.91 Å². The van der Waals surface area contributed by atoms with Gasteiger partial charge in [0.05, 0.1) is 17.9 Å². The van der Waals surface area contributed by atoms with Crippen molar-refractivity contribution in [3.8, 4) is 0 Å². The van der Waals surface area contributed by atoms with Crippen molar-refractivity contribution < 1.29 is 9.90 Å². The Morgan fingerprint density at radius 3 is 3.00 bits per heavy atom. The number of rotatable bonds is 3. The third-order valence-electron chi connectivity index (χ3n) is 1.53. The predicted octanol–water partition coefficient (Wildman–Crippen LogP) is -0.469. The van der Waals surface area contributed by atoms with Crippen molar-refractivity contribution in [1.29, 1.82) is 0 Å². The third-order valence-corrected chi connectivity index (χ3v) is 1.53. The van der Waals surface area contributed by atoms with Crippen LogP contribution in [0, 0.1) is 0 Å². The van der Waals surface area contributed by atoms with Gasteiger partial charge >= 0.3 is 0 Å². The Kier molecular flexibility index (Phi) is 3.02. The van der Waals surface area contributed by atoms with Crippen molar-refractivity contribution in [1.82, 2.24) is 15.1 Å². The van der Waals surface area contributed by atoms with E-state index in [0.717, 1.165) is 0 Å². The van der Waals surface area contributed by atoms with Gasteiger partial charge in [-0.1, -0.05) is 0 Å². The SMILES string of the molecule is C[C@H](O)CNC(=O)c1cnn(C)c1. The van der Waals surface area contributed by atoms with E-state index in [1.54, 1.807) is 24.9 Å². The molecule has 0 unspecified atom stereocenters. The Hall–Kier alpha value is -1.36. The molecule has 0 bridgehead atoms. The maximum Gasteiger partial charge on any atom is 0.254 e. The van der Waals surface area contributed by atoms with Crippen molar-refractivity contribution in [2.75, 3.05) is 6.54 Å². The normalized spacial score (nSPS) is 12.5. The standard InChI is InChI=1S/C8H13N3O2/c1-6(12)3-9-8(13)7-4-10-11(2)5-7/h4-6,12H,3H2,1-2H3,(H,9,13)/t6-/m0/s1. The summed E-state index contributed by atoms with van der Waals surface area (Å²) in [4.78, 5) is 11.3. The zero-order chi connectivity index (χ0) is 9.84. The summed E-state index contributed by atoms with van der Waals surface area (Å²) in [5.41, 5.74) is 0.503. The number of nitrogens with one attached hydrogen (secondary N) is 1. The number of aryl methyl sites for hydroxylation is 1. The molecule has 72 valence electrons. The topological polar surface area (TPSA) is 67.2 Å². The second kappa shape index (κ2) is 4.04. The van der Waals surface area contributed by atoms with E-state index >= 15 is 0 Å². The Bertz CT molecular complexity index is 293. The number of nitrogens with zero attached hydrogens (tertiary/aromatic N) is 2. The number of amides is 1. The summed E-state index contributed by atoms with van der Waals surface area (Å²) in [6.45, 7) is 1.87. The van der Waals surface area contributed by atoms with Crippen LogP contribution in [0.15, 0.2) is 12.4 Å². The smallest absolute Gasteiger partial charge is 0.254 e. The van der Waals surface area contributed by atoms with E-state index < -0.39 is 6.10 Å². The fourth-order valence-corrected chi connectivity index (χ4v) is 0.881. The molecule has 1 amide bonds. The average molecular weight is 183 g/mol. The average Bonchev–Trinajstić information content (AvgIpc) is 2.47. The van der Waals surface area contributed by atoms with Gasteiger partial charge in [0, 0.05) is 19.8 Å². The summed E-state index contributed by atoms with van der Waals surface area (Å²) in [7, 11) is 1.74. The molecule has 0 aromatic carbocycles. The maximum atomic E-state index is 11.3. The first-order valence-corrected chi connectivity index (χ1v) is 4.04. The largest absolute Gasteiger partial charge is 0.392 e. The summed E-state index contributed by atoms with van der Waals surface area (Å²) in [5.74, 6) is -0.214. The molecule has 0 aliphatic carbocycles. The van der Waals surface area contributed by atoms with Crippen molar-refractivity contribution in [2.45, 2.75) is 13.0 Å². The van der Waals surface area contributed by atoms with Gasteiger partial charge in [-0.2, -0.15) is 5.10 Å². The summed E-state index contributed by atoms with van der Waals surface area (Å²) in [6.07, 6.45) is 2.58. The fourth-order valence-electron chi connectivity index (χ4n) is 0.881. The number of hydrogen-bond acceptors (Lipinski definition) is 3. The van der Waals surface area contributed by atoms with E-state index in [1.165, 1.54) is 6.20 Å². The number of carbonyl (C=O) groups excluding carboxylic acids is 1. The first kappa shape index (κ1) is 9.73. The molecule has 1 rings (SSSR count). The van der Waals surface area contributed by atoms with Gasteiger partial charge < -0.3 is 10.4 Å². The molecule has 0 fully saturated rings. The lowest BCUT2D eigenvalue weighted by atomic mass is 10.3. The summed E-state index contributed by atoms with van der Waals surface area (Å²) < 4.78 is 1.55. The zero-order valence-corrected chi connectivity index (χ0v) is 7.69. The molecule has 5 nitrogen and oxygen atoms in total. The van der Waals surface area contributed by atoms with Crippen LogP contribution in [0.3, 0.4) is 0 Å². The molecule has 1 aromatic rings. The highest BCUT2D eigenvalue weighted by Gasteiger charge is 2.07. The minimum atomic E-state index is -0.527. The molecule has 1 aromatic heterocycles. The van der Waals surface area contributed by atoms with E-state index in [2.05, 4.69) is 10.4 Å². The Morgan fingerprint density at radius 2 is 2.54 bits per heavy atom. The van der Waals surface area contributed by atoms with Crippen LogP contribution in [0.4, 0.5) is 0 Å². The molecule has 0 radical (unpaired) electrons. The molecule has 0 spiro atoms. The van der Waals surface area contributed by atoms with Gasteiger partial charge in [-0.05, 0) is 6.92 Å². The van der Waals surface area contributed by atoms with Crippen LogP contribution in [-0.4, -0.2) is 33.4 Å². The number of aliphatic hydroxyl groups is 1. The molecule has 2 N–H and O–H groups in total. The van der Waals surface area contributed by atoms with Gasteiger partial charge in [-0.25, -0.2) is 0 Å². The van der Waals surface area contributed by atoms with Crippen molar-refractivity contribution >= 4 is 5.91 Å². The van der Waals surface area contributed by atoms with E-state index in [-0.39, 0.29) is 12.5 Å². The lowest BCUT2D eigenvalue weighted by molar-refractivity contribution is 0.0924. The number of aliphatic hydroxyl groups excluding tert-OH is 1. The molecule has 0 aliphatic heterocycles. The third kappa shape index (κ3) is 2.87. The number of aromatic nitrogens is 2. The number of carbonyl (C=O) groups is 1. The molecule has 5 heteroatoms. The van der Waals surface area contributed by atoms with Gasteiger partial charge in [0.2, 0.25) is 0 Å². The van der Waals surface area contributed by atoms with Gasteiger partial charge in [-0.3, -0.25) is 9.48 Å². The molecule has 0 saturated heterocycles. The quantitative estimate of drug-likeness (QED) is 0.665.